The van der Waals surface area contributed by atoms with E-state index in [1.54, 1.807) is 0 Å². The summed E-state index contributed by atoms with van der Waals surface area (Å²) in [5.74, 6) is -10.4. The number of aliphatic hydroxyl groups is 2. The van der Waals surface area contributed by atoms with Crippen molar-refractivity contribution < 1.29 is 75.5 Å². The number of esters is 2. The fraction of sp³-hybridized carbons (Fsp3) is 0.833. The maximum atomic E-state index is 12.2. The number of ether oxygens (including phenoxy) is 2. The first kappa shape index (κ1) is 49.7. The van der Waals surface area contributed by atoms with Crippen molar-refractivity contribution in [1.82, 2.24) is 0 Å². The number of carbonyl (C=O) groups excluding carboxylic acids is 4. The third-order valence-electron chi connectivity index (χ3n) is 8.46. The van der Waals surface area contributed by atoms with Gasteiger partial charge in [0, 0.05) is 0 Å². The van der Waals surface area contributed by atoms with Crippen molar-refractivity contribution >= 4 is 46.2 Å². The Morgan fingerprint density at radius 2 is 0.679 bits per heavy atom. The number of unbranched alkanes of at least 4 members (excludes halogenated alkanes) is 18. The Hall–Kier alpha value is -3.31. The van der Waals surface area contributed by atoms with Gasteiger partial charge >= 0.3 is 46.2 Å². The maximum Gasteiger partial charge on any atom is 0.506 e. The highest BCUT2D eigenvalue weighted by atomic mass is 32.3. The molecule has 53 heavy (non-hydrogen) atoms. The Balaban J connectivity index is 4.71. The van der Waals surface area contributed by atoms with E-state index in [0.29, 0.717) is 12.8 Å². The molecule has 0 aliphatic rings. The number of carbonyl (C=O) groups is 6. The van der Waals surface area contributed by atoms with E-state index in [-0.39, 0.29) is 13.2 Å². The van der Waals surface area contributed by atoms with E-state index in [4.69, 9.17) is 9.47 Å². The molecule has 0 fully saturated rings. The van der Waals surface area contributed by atoms with Crippen LogP contribution in [0.25, 0.3) is 0 Å². The zero-order valence-electron chi connectivity index (χ0n) is 31.5. The highest BCUT2D eigenvalue weighted by Crippen LogP contribution is 2.22. The molecule has 0 radical (unpaired) electrons. The molecule has 4 N–H and O–H groups in total. The summed E-state index contributed by atoms with van der Waals surface area (Å²) < 4.78 is 42.1. The van der Waals surface area contributed by atoms with Gasteiger partial charge in [0.2, 0.25) is 0 Å². The maximum absolute atomic E-state index is 12.2. The van der Waals surface area contributed by atoms with Crippen LogP contribution in [0.3, 0.4) is 0 Å². The van der Waals surface area contributed by atoms with Gasteiger partial charge in [-0.3, -0.25) is 19.2 Å². The summed E-state index contributed by atoms with van der Waals surface area (Å²) in [6.07, 6.45) is 14.8. The van der Waals surface area contributed by atoms with Crippen LogP contribution in [0.4, 0.5) is 0 Å². The Bertz CT molecular complexity index is 1130. The van der Waals surface area contributed by atoms with Crippen LogP contribution in [-0.4, -0.2) is 89.1 Å². The predicted octanol–water partition coefficient (Wildman–Crippen LogP) is 5.44. The smallest absolute Gasteiger partial charge is 0.479 e. The van der Waals surface area contributed by atoms with Crippen LogP contribution in [-0.2, 0) is 57.0 Å². The molecule has 2 unspecified atom stereocenters. The van der Waals surface area contributed by atoms with E-state index >= 15 is 0 Å². The first-order valence-corrected chi connectivity index (χ1v) is 20.3. The van der Waals surface area contributed by atoms with E-state index < -0.39 is 83.1 Å². The first-order valence-electron chi connectivity index (χ1n) is 18.9. The van der Waals surface area contributed by atoms with E-state index in [1.807, 2.05) is 0 Å². The number of hydrogen-bond acceptors (Lipinski definition) is 14. The average Bonchev–Trinajstić information content (AvgIpc) is 3.05. The lowest BCUT2D eigenvalue weighted by molar-refractivity contribution is -0.172. The highest BCUT2D eigenvalue weighted by molar-refractivity contribution is 7.82. The molecule has 17 heteroatoms. The van der Waals surface area contributed by atoms with Crippen LogP contribution in [0.1, 0.15) is 168 Å². The van der Waals surface area contributed by atoms with Gasteiger partial charge in [0.25, 0.3) is 0 Å². The Morgan fingerprint density at radius 3 is 0.943 bits per heavy atom. The monoisotopic (exact) mass is 782 g/mol. The van der Waals surface area contributed by atoms with Gasteiger partial charge in [-0.15, -0.1) is 8.42 Å². The van der Waals surface area contributed by atoms with Crippen molar-refractivity contribution in [2.45, 2.75) is 179 Å². The van der Waals surface area contributed by atoms with Crippen molar-refractivity contribution in [2.24, 2.45) is 0 Å². The number of aliphatic carboxylic acids is 2. The Kier molecular flexibility index (Phi) is 26.4. The molecule has 0 amide bonds. The molecule has 0 rings (SSSR count). The quantitative estimate of drug-likeness (QED) is 0.0468. The van der Waals surface area contributed by atoms with Crippen molar-refractivity contribution in [3.05, 3.63) is 0 Å². The summed E-state index contributed by atoms with van der Waals surface area (Å²) in [6.45, 7) is 4.16. The molecular formula is C36H62O16S. The number of rotatable bonds is 34. The van der Waals surface area contributed by atoms with Crippen LogP contribution < -0.4 is 0 Å². The van der Waals surface area contributed by atoms with Gasteiger partial charge < -0.3 is 38.3 Å². The third kappa shape index (κ3) is 25.4. The van der Waals surface area contributed by atoms with Crippen molar-refractivity contribution in [3.63, 3.8) is 0 Å². The molecule has 0 spiro atoms. The molecule has 0 saturated heterocycles. The number of carboxylic acids is 2. The second-order valence-electron chi connectivity index (χ2n) is 13.5. The van der Waals surface area contributed by atoms with Crippen LogP contribution >= 0.6 is 0 Å². The molecule has 0 aliphatic carbocycles. The molecule has 2 atom stereocenters. The molecule has 0 heterocycles. The Morgan fingerprint density at radius 1 is 0.434 bits per heavy atom. The van der Waals surface area contributed by atoms with Crippen LogP contribution in [0.2, 0.25) is 0 Å². The molecule has 0 aromatic carbocycles. The molecule has 0 bridgehead atoms. The largest absolute Gasteiger partial charge is 0.506 e. The lowest BCUT2D eigenvalue weighted by atomic mass is 9.96. The summed E-state index contributed by atoms with van der Waals surface area (Å²) in [5.41, 5.74) is -6.30. The molecular weight excluding hydrogens is 720 g/mol. The van der Waals surface area contributed by atoms with Crippen LogP contribution in [0, 0.1) is 0 Å². The molecule has 308 valence electrons. The summed E-state index contributed by atoms with van der Waals surface area (Å²) in [7, 11) is -5.64. The second-order valence-corrected chi connectivity index (χ2v) is 14.7. The zero-order valence-corrected chi connectivity index (χ0v) is 32.3. The van der Waals surface area contributed by atoms with Gasteiger partial charge in [0.15, 0.2) is 11.2 Å². The van der Waals surface area contributed by atoms with Gasteiger partial charge in [-0.2, -0.15) is 0 Å². The van der Waals surface area contributed by atoms with E-state index in [0.717, 1.165) is 64.2 Å². The van der Waals surface area contributed by atoms with Crippen LogP contribution in [0.5, 0.6) is 0 Å². The van der Waals surface area contributed by atoms with Gasteiger partial charge in [0.1, 0.15) is 0 Å². The van der Waals surface area contributed by atoms with E-state index in [1.165, 1.54) is 51.4 Å². The minimum absolute atomic E-state index is 0.0699. The molecule has 0 aliphatic heterocycles. The molecule has 16 nitrogen and oxygen atoms in total. The fourth-order valence-electron chi connectivity index (χ4n) is 5.34. The van der Waals surface area contributed by atoms with Gasteiger partial charge in [-0.1, -0.05) is 129 Å². The standard InChI is InChI=1S/C36H62O16S/c1-3-5-7-9-11-13-15-17-19-21-23-49-29(37)25-35(45,33(41)42)27-31(39)51-53(47,48)52-32(40)28-36(46,34(43)44)26-30(38)50-24-22-20-18-16-14-12-10-8-6-4-2/h45-46H,3-28H2,1-2H3,(H,41,42)(H,43,44). The number of carboxylic acid groups (broad SMARTS) is 2. The normalized spacial score (nSPS) is 13.7. The molecule has 0 aromatic heterocycles. The summed E-state index contributed by atoms with van der Waals surface area (Å²) in [5, 5.41) is 39.6. The van der Waals surface area contributed by atoms with E-state index in [2.05, 4.69) is 22.2 Å². The van der Waals surface area contributed by atoms with Crippen LogP contribution in [0.15, 0.2) is 0 Å². The first-order chi connectivity index (χ1) is 25.0. The van der Waals surface area contributed by atoms with Gasteiger partial charge in [0.05, 0.1) is 38.9 Å². The topological polar surface area (TPSA) is 254 Å². The van der Waals surface area contributed by atoms with Crippen molar-refractivity contribution in [1.29, 1.82) is 0 Å². The highest BCUT2D eigenvalue weighted by Gasteiger charge is 2.45. The van der Waals surface area contributed by atoms with Crippen molar-refractivity contribution in [3.8, 4) is 0 Å². The predicted molar refractivity (Wildman–Crippen MR) is 190 cm³/mol. The molecule has 0 aromatic rings. The van der Waals surface area contributed by atoms with E-state index in [9.17, 15) is 57.6 Å². The second kappa shape index (κ2) is 28.2. The minimum Gasteiger partial charge on any atom is -0.479 e. The van der Waals surface area contributed by atoms with Crippen molar-refractivity contribution in [2.75, 3.05) is 13.2 Å². The Labute approximate surface area is 313 Å². The average molecular weight is 783 g/mol. The summed E-state index contributed by atoms with van der Waals surface area (Å²) in [6, 6.07) is 0. The fourth-order valence-corrected chi connectivity index (χ4v) is 5.95. The third-order valence-corrected chi connectivity index (χ3v) is 9.24. The molecule has 0 saturated carbocycles. The van der Waals surface area contributed by atoms with Gasteiger partial charge in [-0.05, 0) is 12.8 Å². The zero-order chi connectivity index (χ0) is 40.2. The van der Waals surface area contributed by atoms with Gasteiger partial charge in [-0.25, -0.2) is 9.59 Å². The SMILES string of the molecule is CCCCCCCCCCCCOC(=O)CC(O)(CC(=O)OS(=O)(=O)OC(=O)CC(O)(CC(=O)OCCCCCCCCCCCC)C(=O)O)C(=O)O. The number of hydrogen-bond donors (Lipinski definition) is 4. The minimum atomic E-state index is -5.64. The summed E-state index contributed by atoms with van der Waals surface area (Å²) >= 11 is 0. The lowest BCUT2D eigenvalue weighted by Gasteiger charge is -2.22. The summed E-state index contributed by atoms with van der Waals surface area (Å²) in [4.78, 5) is 72.1. The lowest BCUT2D eigenvalue weighted by Crippen LogP contribution is -2.44.